The Morgan fingerprint density at radius 3 is 2.37 bits per heavy atom. The standard InChI is InChI=1S/C17H26O2/c1-17(2,3)14-7-9-15(10-8-14)19-12-11-13-5-4-6-16(13)18/h7-10,13,16,18H,4-6,11-12H2,1-3H3. The first-order valence-corrected chi connectivity index (χ1v) is 7.38. The van der Waals surface area contributed by atoms with Crippen LogP contribution < -0.4 is 4.74 Å². The van der Waals surface area contributed by atoms with Gasteiger partial charge in [-0.05, 0) is 48.3 Å². The molecular weight excluding hydrogens is 236 g/mol. The molecule has 0 aliphatic heterocycles. The molecule has 1 aromatic carbocycles. The van der Waals surface area contributed by atoms with Crippen molar-refractivity contribution in [2.75, 3.05) is 6.61 Å². The minimum atomic E-state index is -0.105. The Balaban J connectivity index is 1.80. The molecule has 106 valence electrons. The molecule has 0 amide bonds. The summed E-state index contributed by atoms with van der Waals surface area (Å²) in [5.41, 5.74) is 1.51. The van der Waals surface area contributed by atoms with Gasteiger partial charge in [-0.1, -0.05) is 39.3 Å². The van der Waals surface area contributed by atoms with Gasteiger partial charge in [0.1, 0.15) is 5.75 Å². The number of rotatable bonds is 4. The van der Waals surface area contributed by atoms with E-state index in [1.807, 2.05) is 12.1 Å². The van der Waals surface area contributed by atoms with Crippen LogP contribution in [0.3, 0.4) is 0 Å². The Morgan fingerprint density at radius 2 is 1.84 bits per heavy atom. The fourth-order valence-electron chi connectivity index (χ4n) is 2.73. The quantitative estimate of drug-likeness (QED) is 0.891. The number of aliphatic hydroxyl groups excluding tert-OH is 1. The molecule has 1 aliphatic rings. The Labute approximate surface area is 116 Å². The van der Waals surface area contributed by atoms with E-state index in [2.05, 4.69) is 32.9 Å². The van der Waals surface area contributed by atoms with E-state index in [0.717, 1.165) is 31.4 Å². The molecule has 0 bridgehead atoms. The van der Waals surface area contributed by atoms with E-state index < -0.39 is 0 Å². The summed E-state index contributed by atoms with van der Waals surface area (Å²) < 4.78 is 5.77. The molecule has 1 aliphatic carbocycles. The van der Waals surface area contributed by atoms with E-state index in [0.29, 0.717) is 12.5 Å². The van der Waals surface area contributed by atoms with Crippen molar-refractivity contribution in [3.05, 3.63) is 29.8 Å². The van der Waals surface area contributed by atoms with E-state index >= 15 is 0 Å². The van der Waals surface area contributed by atoms with Crippen molar-refractivity contribution in [2.45, 2.75) is 58.0 Å². The Morgan fingerprint density at radius 1 is 1.16 bits per heavy atom. The zero-order chi connectivity index (χ0) is 13.9. The molecule has 2 rings (SSSR count). The second-order valence-electron chi connectivity index (χ2n) is 6.67. The van der Waals surface area contributed by atoms with Gasteiger partial charge in [-0.25, -0.2) is 0 Å². The Bertz CT molecular complexity index is 389. The molecule has 19 heavy (non-hydrogen) atoms. The van der Waals surface area contributed by atoms with Gasteiger partial charge < -0.3 is 9.84 Å². The van der Waals surface area contributed by atoms with Crippen LogP contribution in [0.1, 0.15) is 52.0 Å². The normalized spacial score (nSPS) is 23.6. The first kappa shape index (κ1) is 14.4. The first-order valence-electron chi connectivity index (χ1n) is 7.38. The molecule has 2 heteroatoms. The summed E-state index contributed by atoms with van der Waals surface area (Å²) in [4.78, 5) is 0. The van der Waals surface area contributed by atoms with Gasteiger partial charge in [0.25, 0.3) is 0 Å². The highest BCUT2D eigenvalue weighted by Crippen LogP contribution is 2.29. The third kappa shape index (κ3) is 3.97. The summed E-state index contributed by atoms with van der Waals surface area (Å²) in [7, 11) is 0. The minimum absolute atomic E-state index is 0.105. The lowest BCUT2D eigenvalue weighted by atomic mass is 9.87. The lowest BCUT2D eigenvalue weighted by Gasteiger charge is -2.19. The number of hydrogen-bond donors (Lipinski definition) is 1. The number of hydrogen-bond acceptors (Lipinski definition) is 2. The molecule has 0 heterocycles. The largest absolute Gasteiger partial charge is 0.494 e. The summed E-state index contributed by atoms with van der Waals surface area (Å²) >= 11 is 0. The van der Waals surface area contributed by atoms with Crippen LogP contribution >= 0.6 is 0 Å². The van der Waals surface area contributed by atoms with Gasteiger partial charge in [-0.15, -0.1) is 0 Å². The second-order valence-corrected chi connectivity index (χ2v) is 6.67. The average Bonchev–Trinajstić information content (AvgIpc) is 2.75. The highest BCUT2D eigenvalue weighted by atomic mass is 16.5. The Hall–Kier alpha value is -1.02. The molecule has 0 saturated heterocycles. The average molecular weight is 262 g/mol. The Kier molecular flexibility index (Phi) is 4.51. The van der Waals surface area contributed by atoms with Gasteiger partial charge in [0.2, 0.25) is 0 Å². The molecule has 2 atom stereocenters. The van der Waals surface area contributed by atoms with Gasteiger partial charge >= 0.3 is 0 Å². The maximum atomic E-state index is 9.76. The zero-order valence-corrected chi connectivity index (χ0v) is 12.4. The van der Waals surface area contributed by atoms with Gasteiger partial charge in [0.15, 0.2) is 0 Å². The highest BCUT2D eigenvalue weighted by Gasteiger charge is 2.24. The van der Waals surface area contributed by atoms with Crippen molar-refractivity contribution >= 4 is 0 Å². The van der Waals surface area contributed by atoms with Crippen LogP contribution in [0.25, 0.3) is 0 Å². The highest BCUT2D eigenvalue weighted by molar-refractivity contribution is 5.31. The fraction of sp³-hybridized carbons (Fsp3) is 0.647. The third-order valence-electron chi connectivity index (χ3n) is 4.10. The molecule has 2 nitrogen and oxygen atoms in total. The van der Waals surface area contributed by atoms with Crippen LogP contribution in [0, 0.1) is 5.92 Å². The fourth-order valence-corrected chi connectivity index (χ4v) is 2.73. The second kappa shape index (κ2) is 5.96. The van der Waals surface area contributed by atoms with E-state index in [1.165, 1.54) is 5.56 Å². The summed E-state index contributed by atoms with van der Waals surface area (Å²) in [5, 5.41) is 9.76. The van der Waals surface area contributed by atoms with E-state index in [-0.39, 0.29) is 11.5 Å². The van der Waals surface area contributed by atoms with Crippen molar-refractivity contribution in [3.8, 4) is 5.75 Å². The van der Waals surface area contributed by atoms with E-state index in [4.69, 9.17) is 4.74 Å². The van der Waals surface area contributed by atoms with Gasteiger partial charge in [0.05, 0.1) is 12.7 Å². The van der Waals surface area contributed by atoms with Crippen molar-refractivity contribution < 1.29 is 9.84 Å². The number of ether oxygens (including phenoxy) is 1. The molecule has 0 radical (unpaired) electrons. The predicted molar refractivity (Wildman–Crippen MR) is 78.6 cm³/mol. The smallest absolute Gasteiger partial charge is 0.119 e. The third-order valence-corrected chi connectivity index (χ3v) is 4.10. The molecule has 0 spiro atoms. The SMILES string of the molecule is CC(C)(C)c1ccc(OCCC2CCCC2O)cc1. The number of benzene rings is 1. The topological polar surface area (TPSA) is 29.5 Å². The van der Waals surface area contributed by atoms with E-state index in [1.54, 1.807) is 0 Å². The molecule has 1 aromatic rings. The summed E-state index contributed by atoms with van der Waals surface area (Å²) in [6, 6.07) is 8.37. The van der Waals surface area contributed by atoms with Crippen LogP contribution in [0.4, 0.5) is 0 Å². The molecule has 0 aromatic heterocycles. The predicted octanol–water partition coefficient (Wildman–Crippen LogP) is 3.91. The molecule has 1 saturated carbocycles. The summed E-state index contributed by atoms with van der Waals surface area (Å²) in [5.74, 6) is 1.37. The number of aliphatic hydroxyl groups is 1. The molecule has 1 N–H and O–H groups in total. The monoisotopic (exact) mass is 262 g/mol. The van der Waals surface area contributed by atoms with Crippen molar-refractivity contribution in [2.24, 2.45) is 5.92 Å². The van der Waals surface area contributed by atoms with Crippen LogP contribution in [0.2, 0.25) is 0 Å². The van der Waals surface area contributed by atoms with Crippen LogP contribution in [0.15, 0.2) is 24.3 Å². The molecule has 1 fully saturated rings. The van der Waals surface area contributed by atoms with Gasteiger partial charge in [-0.2, -0.15) is 0 Å². The maximum Gasteiger partial charge on any atom is 0.119 e. The van der Waals surface area contributed by atoms with Gasteiger partial charge in [0, 0.05) is 0 Å². The summed E-state index contributed by atoms with van der Waals surface area (Å²) in [6.45, 7) is 7.34. The zero-order valence-electron chi connectivity index (χ0n) is 12.4. The van der Waals surface area contributed by atoms with Crippen molar-refractivity contribution in [1.82, 2.24) is 0 Å². The maximum absolute atomic E-state index is 9.76. The van der Waals surface area contributed by atoms with Crippen LogP contribution in [0.5, 0.6) is 5.75 Å². The van der Waals surface area contributed by atoms with Crippen LogP contribution in [-0.2, 0) is 5.41 Å². The summed E-state index contributed by atoms with van der Waals surface area (Å²) in [6.07, 6.45) is 4.12. The molecular formula is C17H26O2. The van der Waals surface area contributed by atoms with Crippen molar-refractivity contribution in [1.29, 1.82) is 0 Å². The lowest BCUT2D eigenvalue weighted by Crippen LogP contribution is -2.16. The minimum Gasteiger partial charge on any atom is -0.494 e. The van der Waals surface area contributed by atoms with Crippen molar-refractivity contribution in [3.63, 3.8) is 0 Å². The van der Waals surface area contributed by atoms with Crippen LogP contribution in [-0.4, -0.2) is 17.8 Å². The van der Waals surface area contributed by atoms with E-state index in [9.17, 15) is 5.11 Å². The lowest BCUT2D eigenvalue weighted by molar-refractivity contribution is 0.117. The molecule has 2 unspecified atom stereocenters. The van der Waals surface area contributed by atoms with Gasteiger partial charge in [-0.3, -0.25) is 0 Å². The first-order chi connectivity index (χ1) is 8.97.